The number of hydrazine groups is 1. The molecule has 1 aliphatic rings. The summed E-state index contributed by atoms with van der Waals surface area (Å²) in [5, 5.41) is 5.16. The van der Waals surface area contributed by atoms with Gasteiger partial charge in [0.05, 0.1) is 0 Å². The van der Waals surface area contributed by atoms with Gasteiger partial charge in [0.1, 0.15) is 5.75 Å². The number of nitrogens with one attached hydrogen (secondary N) is 2. The minimum Gasteiger partial charge on any atom is -0.431 e. The maximum atomic E-state index is 11.3. The van der Waals surface area contributed by atoms with Gasteiger partial charge in [-0.15, -0.1) is 0 Å². The zero-order valence-electron chi connectivity index (χ0n) is 11.5. The molecule has 1 fully saturated rings. The number of ether oxygens (including phenoxy) is 1. The van der Waals surface area contributed by atoms with Crippen LogP contribution in [-0.2, 0) is 4.79 Å². The van der Waals surface area contributed by atoms with Crippen LogP contribution in [0.1, 0.15) is 26.2 Å². The third-order valence-electron chi connectivity index (χ3n) is 3.00. The summed E-state index contributed by atoms with van der Waals surface area (Å²) >= 11 is 5.16. The Morgan fingerprint density at radius 3 is 2.85 bits per heavy atom. The Kier molecular flexibility index (Phi) is 5.31. The number of rotatable bonds is 4. The van der Waals surface area contributed by atoms with Gasteiger partial charge in [0.15, 0.2) is 0 Å². The first-order chi connectivity index (χ1) is 9.67. The van der Waals surface area contributed by atoms with E-state index in [1.165, 1.54) is 12.8 Å². The third kappa shape index (κ3) is 4.47. The van der Waals surface area contributed by atoms with E-state index in [1.807, 2.05) is 24.1 Å². The van der Waals surface area contributed by atoms with Crippen molar-refractivity contribution in [2.45, 2.75) is 26.2 Å². The Hall–Kier alpha value is -1.66. The number of benzene rings is 1. The molecule has 6 heteroatoms. The summed E-state index contributed by atoms with van der Waals surface area (Å²) in [4.78, 5) is 11.3. The van der Waals surface area contributed by atoms with Crippen molar-refractivity contribution < 1.29 is 9.53 Å². The zero-order chi connectivity index (χ0) is 14.4. The first-order valence-corrected chi connectivity index (χ1v) is 7.21. The van der Waals surface area contributed by atoms with Crippen LogP contribution in [0.4, 0.5) is 5.69 Å². The molecule has 0 atom stereocenters. The molecule has 0 saturated carbocycles. The van der Waals surface area contributed by atoms with Gasteiger partial charge in [0, 0.05) is 31.3 Å². The van der Waals surface area contributed by atoms with Crippen LogP contribution in [0.2, 0.25) is 0 Å². The quantitative estimate of drug-likeness (QED) is 0.834. The minimum atomic E-state index is -0.0279. The predicted octanol–water partition coefficient (Wildman–Crippen LogP) is 2.30. The number of carbonyl (C=O) groups is 1. The summed E-state index contributed by atoms with van der Waals surface area (Å²) in [6.07, 6.45) is 2.79. The molecular formula is C14H19N3O2S. The SMILES string of the molecule is CCC(=O)Nc1cccc(OC(=S)NN2CCCC2)c1. The predicted molar refractivity (Wildman–Crippen MR) is 82.5 cm³/mol. The Morgan fingerprint density at radius 2 is 2.15 bits per heavy atom. The molecule has 2 N–H and O–H groups in total. The molecule has 2 rings (SSSR count). The maximum Gasteiger partial charge on any atom is 0.277 e. The molecule has 0 aliphatic carbocycles. The molecule has 1 saturated heterocycles. The van der Waals surface area contributed by atoms with Gasteiger partial charge in [-0.05, 0) is 37.2 Å². The molecule has 0 aromatic heterocycles. The summed E-state index contributed by atoms with van der Waals surface area (Å²) in [6.45, 7) is 3.77. The average Bonchev–Trinajstić information content (AvgIpc) is 2.91. The second-order valence-electron chi connectivity index (χ2n) is 4.63. The molecule has 0 bridgehead atoms. The van der Waals surface area contributed by atoms with E-state index in [4.69, 9.17) is 17.0 Å². The number of hydrogen-bond acceptors (Lipinski definition) is 4. The highest BCUT2D eigenvalue weighted by atomic mass is 32.1. The van der Waals surface area contributed by atoms with Crippen LogP contribution in [0.5, 0.6) is 5.75 Å². The summed E-state index contributed by atoms with van der Waals surface area (Å²) in [7, 11) is 0. The van der Waals surface area contributed by atoms with Crippen molar-refractivity contribution in [1.29, 1.82) is 0 Å². The van der Waals surface area contributed by atoms with Gasteiger partial charge < -0.3 is 10.1 Å². The molecule has 20 heavy (non-hydrogen) atoms. The molecule has 1 aromatic rings. The average molecular weight is 293 g/mol. The van der Waals surface area contributed by atoms with Crippen LogP contribution in [0.25, 0.3) is 0 Å². The number of amides is 1. The van der Waals surface area contributed by atoms with Crippen LogP contribution in [0, 0.1) is 0 Å². The molecule has 0 radical (unpaired) electrons. The van der Waals surface area contributed by atoms with Crippen LogP contribution < -0.4 is 15.5 Å². The molecule has 0 spiro atoms. The first kappa shape index (κ1) is 14.7. The Labute approximate surface area is 124 Å². The lowest BCUT2D eigenvalue weighted by Crippen LogP contribution is -2.41. The van der Waals surface area contributed by atoms with Gasteiger partial charge in [-0.3, -0.25) is 10.2 Å². The van der Waals surface area contributed by atoms with E-state index in [0.717, 1.165) is 13.1 Å². The van der Waals surface area contributed by atoms with Crippen molar-refractivity contribution in [3.63, 3.8) is 0 Å². The molecule has 1 aromatic carbocycles. The minimum absolute atomic E-state index is 0.0279. The first-order valence-electron chi connectivity index (χ1n) is 6.80. The van der Waals surface area contributed by atoms with E-state index in [-0.39, 0.29) is 5.91 Å². The van der Waals surface area contributed by atoms with E-state index in [2.05, 4.69) is 10.7 Å². The number of carbonyl (C=O) groups excluding carboxylic acids is 1. The summed E-state index contributed by atoms with van der Waals surface area (Å²) in [5.41, 5.74) is 3.76. The van der Waals surface area contributed by atoms with Crippen molar-refractivity contribution >= 4 is 29.0 Å². The number of hydrogen-bond donors (Lipinski definition) is 2. The monoisotopic (exact) mass is 293 g/mol. The van der Waals surface area contributed by atoms with Crippen molar-refractivity contribution in [2.75, 3.05) is 18.4 Å². The van der Waals surface area contributed by atoms with Crippen molar-refractivity contribution in [3.8, 4) is 5.75 Å². The number of anilines is 1. The summed E-state index contributed by atoms with van der Waals surface area (Å²) in [6, 6.07) is 7.20. The molecule has 1 heterocycles. The van der Waals surface area contributed by atoms with Crippen LogP contribution >= 0.6 is 12.2 Å². The standard InChI is InChI=1S/C14H19N3O2S/c1-2-13(18)15-11-6-5-7-12(10-11)19-14(20)16-17-8-3-4-9-17/h5-7,10H,2-4,8-9H2,1H3,(H,15,18)(H,16,20). The molecule has 1 amide bonds. The topological polar surface area (TPSA) is 53.6 Å². The van der Waals surface area contributed by atoms with E-state index in [0.29, 0.717) is 23.0 Å². The maximum absolute atomic E-state index is 11.3. The van der Waals surface area contributed by atoms with Crippen molar-refractivity contribution in [1.82, 2.24) is 10.4 Å². The van der Waals surface area contributed by atoms with E-state index in [9.17, 15) is 4.79 Å². The largest absolute Gasteiger partial charge is 0.431 e. The van der Waals surface area contributed by atoms with Crippen molar-refractivity contribution in [3.05, 3.63) is 24.3 Å². The van der Waals surface area contributed by atoms with E-state index in [1.54, 1.807) is 12.1 Å². The highest BCUT2D eigenvalue weighted by Crippen LogP contribution is 2.18. The molecular weight excluding hydrogens is 274 g/mol. The lowest BCUT2D eigenvalue weighted by atomic mass is 10.3. The Morgan fingerprint density at radius 1 is 1.40 bits per heavy atom. The van der Waals surface area contributed by atoms with Gasteiger partial charge >= 0.3 is 0 Å². The van der Waals surface area contributed by atoms with Gasteiger partial charge in [-0.25, -0.2) is 5.01 Å². The van der Waals surface area contributed by atoms with E-state index < -0.39 is 0 Å². The highest BCUT2D eigenvalue weighted by Gasteiger charge is 2.13. The Bertz CT molecular complexity index is 487. The second-order valence-corrected chi connectivity index (χ2v) is 5.00. The third-order valence-corrected chi connectivity index (χ3v) is 3.18. The normalized spacial score (nSPS) is 14.8. The van der Waals surface area contributed by atoms with Crippen LogP contribution in [0.15, 0.2) is 24.3 Å². The zero-order valence-corrected chi connectivity index (χ0v) is 12.3. The lowest BCUT2D eigenvalue weighted by molar-refractivity contribution is -0.115. The highest BCUT2D eigenvalue weighted by molar-refractivity contribution is 7.80. The summed E-state index contributed by atoms with van der Waals surface area (Å²) in [5.74, 6) is 0.579. The summed E-state index contributed by atoms with van der Waals surface area (Å²) < 4.78 is 5.56. The fourth-order valence-electron chi connectivity index (χ4n) is 1.97. The number of thiocarbonyl (C=S) groups is 1. The molecule has 1 aliphatic heterocycles. The Balaban J connectivity index is 1.89. The molecule has 5 nitrogen and oxygen atoms in total. The van der Waals surface area contributed by atoms with E-state index >= 15 is 0 Å². The fourth-order valence-corrected chi connectivity index (χ4v) is 2.20. The van der Waals surface area contributed by atoms with Gasteiger partial charge in [0.2, 0.25) is 5.91 Å². The molecule has 108 valence electrons. The second kappa shape index (κ2) is 7.21. The fraction of sp³-hybridized carbons (Fsp3) is 0.429. The van der Waals surface area contributed by atoms with Crippen LogP contribution in [-0.4, -0.2) is 29.2 Å². The van der Waals surface area contributed by atoms with Gasteiger partial charge in [-0.1, -0.05) is 13.0 Å². The lowest BCUT2D eigenvalue weighted by Gasteiger charge is -2.18. The van der Waals surface area contributed by atoms with Crippen LogP contribution in [0.3, 0.4) is 0 Å². The van der Waals surface area contributed by atoms with Crippen molar-refractivity contribution in [2.24, 2.45) is 0 Å². The van der Waals surface area contributed by atoms with Gasteiger partial charge in [0.25, 0.3) is 5.17 Å². The van der Waals surface area contributed by atoms with Gasteiger partial charge in [-0.2, -0.15) is 0 Å². The number of nitrogens with zero attached hydrogens (tertiary/aromatic N) is 1. The smallest absolute Gasteiger partial charge is 0.277 e. The molecule has 0 unspecified atom stereocenters.